The first kappa shape index (κ1) is 16.5. The molecule has 0 fully saturated rings. The van der Waals surface area contributed by atoms with Crippen LogP contribution in [0.4, 0.5) is 0 Å². The number of rotatable bonds is 7. The fraction of sp³-hybridized carbons (Fsp3) is 0.625. The Balaban J connectivity index is 2.47. The van der Waals surface area contributed by atoms with Crippen LogP contribution >= 0.6 is 11.6 Å². The molecule has 2 nitrogen and oxygen atoms in total. The van der Waals surface area contributed by atoms with E-state index in [-0.39, 0.29) is 11.6 Å². The molecule has 0 radical (unpaired) electrons. The SMILES string of the molecule is CCCC(CNC(C)(C)C)OCc1ccccc1Cl. The van der Waals surface area contributed by atoms with Gasteiger partial charge in [0.15, 0.2) is 0 Å². The molecule has 0 aromatic heterocycles. The third-order valence-corrected chi connectivity index (χ3v) is 3.27. The molecule has 0 aliphatic rings. The van der Waals surface area contributed by atoms with Crippen molar-refractivity contribution in [3.63, 3.8) is 0 Å². The highest BCUT2D eigenvalue weighted by Gasteiger charge is 2.14. The zero-order chi connectivity index (χ0) is 14.3. The molecular weight excluding hydrogens is 258 g/mol. The minimum absolute atomic E-state index is 0.125. The van der Waals surface area contributed by atoms with Crippen LogP contribution in [0, 0.1) is 0 Å². The molecule has 1 aromatic rings. The summed E-state index contributed by atoms with van der Waals surface area (Å²) in [5, 5.41) is 4.28. The molecule has 19 heavy (non-hydrogen) atoms. The molecule has 0 aliphatic heterocycles. The van der Waals surface area contributed by atoms with E-state index in [4.69, 9.17) is 16.3 Å². The van der Waals surface area contributed by atoms with Crippen molar-refractivity contribution in [2.75, 3.05) is 6.54 Å². The summed E-state index contributed by atoms with van der Waals surface area (Å²) in [4.78, 5) is 0. The van der Waals surface area contributed by atoms with Gasteiger partial charge >= 0.3 is 0 Å². The lowest BCUT2D eigenvalue weighted by atomic mass is 10.1. The second kappa shape index (κ2) is 7.88. The number of nitrogens with one attached hydrogen (secondary N) is 1. The quantitative estimate of drug-likeness (QED) is 0.800. The number of benzene rings is 1. The highest BCUT2D eigenvalue weighted by molar-refractivity contribution is 6.31. The van der Waals surface area contributed by atoms with E-state index in [0.717, 1.165) is 30.0 Å². The topological polar surface area (TPSA) is 21.3 Å². The average Bonchev–Trinajstić information content (AvgIpc) is 2.33. The van der Waals surface area contributed by atoms with Gasteiger partial charge in [0.05, 0.1) is 12.7 Å². The van der Waals surface area contributed by atoms with Gasteiger partial charge in [-0.3, -0.25) is 0 Å². The Morgan fingerprint density at radius 3 is 2.53 bits per heavy atom. The van der Waals surface area contributed by atoms with Crippen molar-refractivity contribution in [3.05, 3.63) is 34.9 Å². The van der Waals surface area contributed by atoms with Crippen molar-refractivity contribution in [3.8, 4) is 0 Å². The van der Waals surface area contributed by atoms with Gasteiger partial charge in [-0.05, 0) is 38.8 Å². The molecule has 0 bridgehead atoms. The summed E-state index contributed by atoms with van der Waals surface area (Å²) >= 11 is 6.14. The van der Waals surface area contributed by atoms with Gasteiger partial charge in [0.2, 0.25) is 0 Å². The predicted molar refractivity (Wildman–Crippen MR) is 82.7 cm³/mol. The van der Waals surface area contributed by atoms with E-state index in [1.807, 2.05) is 24.3 Å². The maximum atomic E-state index is 6.14. The van der Waals surface area contributed by atoms with Crippen molar-refractivity contribution < 1.29 is 4.74 Å². The largest absolute Gasteiger partial charge is 0.372 e. The van der Waals surface area contributed by atoms with Gasteiger partial charge in [0.1, 0.15) is 0 Å². The Labute approximate surface area is 122 Å². The molecule has 0 spiro atoms. The minimum Gasteiger partial charge on any atom is -0.372 e. The van der Waals surface area contributed by atoms with Crippen LogP contribution in [0.3, 0.4) is 0 Å². The molecule has 0 amide bonds. The normalized spacial score (nSPS) is 13.5. The Hall–Kier alpha value is -0.570. The van der Waals surface area contributed by atoms with Crippen LogP contribution < -0.4 is 5.32 Å². The molecule has 0 heterocycles. The predicted octanol–water partition coefficient (Wildman–Crippen LogP) is 4.41. The summed E-state index contributed by atoms with van der Waals surface area (Å²) in [6, 6.07) is 7.86. The van der Waals surface area contributed by atoms with Crippen molar-refractivity contribution in [1.29, 1.82) is 0 Å². The number of hydrogen-bond donors (Lipinski definition) is 1. The maximum absolute atomic E-state index is 6.14. The monoisotopic (exact) mass is 283 g/mol. The van der Waals surface area contributed by atoms with Gasteiger partial charge in [-0.25, -0.2) is 0 Å². The fourth-order valence-electron chi connectivity index (χ4n) is 1.81. The summed E-state index contributed by atoms with van der Waals surface area (Å²) in [5.74, 6) is 0. The zero-order valence-corrected chi connectivity index (χ0v) is 13.3. The number of hydrogen-bond acceptors (Lipinski definition) is 2. The molecule has 1 rings (SSSR count). The van der Waals surface area contributed by atoms with Crippen LogP contribution in [-0.4, -0.2) is 18.2 Å². The molecule has 108 valence electrons. The Kier molecular flexibility index (Phi) is 6.84. The molecular formula is C16H26ClNO. The molecule has 0 saturated carbocycles. The third kappa shape index (κ3) is 6.95. The van der Waals surface area contributed by atoms with Crippen molar-refractivity contribution in [2.45, 2.75) is 58.8 Å². The second-order valence-electron chi connectivity index (χ2n) is 5.94. The van der Waals surface area contributed by atoms with Gasteiger partial charge in [-0.1, -0.05) is 43.1 Å². The lowest BCUT2D eigenvalue weighted by Crippen LogP contribution is -2.41. The van der Waals surface area contributed by atoms with E-state index >= 15 is 0 Å². The molecule has 3 heteroatoms. The van der Waals surface area contributed by atoms with Crippen LogP contribution in [0.15, 0.2) is 24.3 Å². The van der Waals surface area contributed by atoms with Crippen LogP contribution in [-0.2, 0) is 11.3 Å². The van der Waals surface area contributed by atoms with Gasteiger partial charge in [0.25, 0.3) is 0 Å². The van der Waals surface area contributed by atoms with Gasteiger partial charge in [-0.15, -0.1) is 0 Å². The average molecular weight is 284 g/mol. The Morgan fingerprint density at radius 2 is 1.95 bits per heavy atom. The molecule has 1 aromatic carbocycles. The van der Waals surface area contributed by atoms with Crippen LogP contribution in [0.1, 0.15) is 46.1 Å². The fourth-order valence-corrected chi connectivity index (χ4v) is 2.00. The van der Waals surface area contributed by atoms with Crippen LogP contribution in [0.5, 0.6) is 0 Å². The van der Waals surface area contributed by atoms with E-state index < -0.39 is 0 Å². The van der Waals surface area contributed by atoms with E-state index in [1.165, 1.54) is 0 Å². The van der Waals surface area contributed by atoms with Crippen molar-refractivity contribution >= 4 is 11.6 Å². The first-order valence-electron chi connectivity index (χ1n) is 7.02. The highest BCUT2D eigenvalue weighted by atomic mass is 35.5. The van der Waals surface area contributed by atoms with E-state index in [0.29, 0.717) is 6.61 Å². The van der Waals surface area contributed by atoms with Crippen LogP contribution in [0.25, 0.3) is 0 Å². The van der Waals surface area contributed by atoms with Gasteiger partial charge in [-0.2, -0.15) is 0 Å². The van der Waals surface area contributed by atoms with E-state index in [1.54, 1.807) is 0 Å². The van der Waals surface area contributed by atoms with E-state index in [9.17, 15) is 0 Å². The Morgan fingerprint density at radius 1 is 1.26 bits per heavy atom. The molecule has 1 unspecified atom stereocenters. The maximum Gasteiger partial charge on any atom is 0.0735 e. The Bertz CT molecular complexity index is 373. The number of halogens is 1. The lowest BCUT2D eigenvalue weighted by Gasteiger charge is -2.25. The smallest absolute Gasteiger partial charge is 0.0735 e. The van der Waals surface area contributed by atoms with Crippen LogP contribution in [0.2, 0.25) is 5.02 Å². The van der Waals surface area contributed by atoms with Crippen molar-refractivity contribution in [2.24, 2.45) is 0 Å². The third-order valence-electron chi connectivity index (χ3n) is 2.90. The van der Waals surface area contributed by atoms with E-state index in [2.05, 4.69) is 33.0 Å². The summed E-state index contributed by atoms with van der Waals surface area (Å²) in [6.07, 6.45) is 2.42. The van der Waals surface area contributed by atoms with Crippen molar-refractivity contribution in [1.82, 2.24) is 5.32 Å². The zero-order valence-electron chi connectivity index (χ0n) is 12.5. The summed E-state index contributed by atoms with van der Waals surface area (Å²) < 4.78 is 6.00. The second-order valence-corrected chi connectivity index (χ2v) is 6.35. The molecule has 1 atom stereocenters. The summed E-state index contributed by atoms with van der Waals surface area (Å²) in [7, 11) is 0. The minimum atomic E-state index is 0.125. The summed E-state index contributed by atoms with van der Waals surface area (Å²) in [6.45, 7) is 10.2. The lowest BCUT2D eigenvalue weighted by molar-refractivity contribution is 0.0310. The number of ether oxygens (including phenoxy) is 1. The molecule has 0 saturated heterocycles. The molecule has 1 N–H and O–H groups in total. The summed E-state index contributed by atoms with van der Waals surface area (Å²) in [5.41, 5.74) is 1.18. The first-order chi connectivity index (χ1) is 8.92. The highest BCUT2D eigenvalue weighted by Crippen LogP contribution is 2.17. The van der Waals surface area contributed by atoms with Gasteiger partial charge in [0, 0.05) is 17.1 Å². The van der Waals surface area contributed by atoms with Gasteiger partial charge < -0.3 is 10.1 Å². The first-order valence-corrected chi connectivity index (χ1v) is 7.40. The standard InChI is InChI=1S/C16H26ClNO/c1-5-8-14(11-18-16(2,3)4)19-12-13-9-6-7-10-15(13)17/h6-7,9-10,14,18H,5,8,11-12H2,1-4H3. The molecule has 0 aliphatic carbocycles.